The van der Waals surface area contributed by atoms with Crippen LogP contribution in [0.15, 0.2) is 22.7 Å². The molecule has 0 aliphatic carbocycles. The number of halogens is 4. The number of Topliss-reactive ketones (excluding diaryl/α,β-unsaturated/α-hetero) is 1. The van der Waals surface area contributed by atoms with Crippen LogP contribution in [0.1, 0.15) is 28.8 Å². The average molecular weight is 295 g/mol. The van der Waals surface area contributed by atoms with Gasteiger partial charge in [0.25, 0.3) is 0 Å². The number of aryl methyl sites for hydroxylation is 1. The Morgan fingerprint density at radius 3 is 2.44 bits per heavy atom. The van der Waals surface area contributed by atoms with E-state index in [9.17, 15) is 18.0 Å². The first-order chi connectivity index (χ1) is 7.28. The zero-order chi connectivity index (χ0) is 12.3. The van der Waals surface area contributed by atoms with E-state index < -0.39 is 24.8 Å². The summed E-state index contributed by atoms with van der Waals surface area (Å²) >= 11 is 3.20. The highest BCUT2D eigenvalue weighted by atomic mass is 79.9. The Hall–Kier alpha value is -0.840. The summed E-state index contributed by atoms with van der Waals surface area (Å²) < 4.78 is 36.5. The number of hydrogen-bond acceptors (Lipinski definition) is 1. The van der Waals surface area contributed by atoms with Gasteiger partial charge in [0.15, 0.2) is 5.78 Å². The zero-order valence-corrected chi connectivity index (χ0v) is 10.2. The molecule has 0 aromatic heterocycles. The van der Waals surface area contributed by atoms with Crippen LogP contribution in [0.4, 0.5) is 13.2 Å². The highest BCUT2D eigenvalue weighted by Crippen LogP contribution is 2.23. The second-order valence-electron chi connectivity index (χ2n) is 3.56. The van der Waals surface area contributed by atoms with Gasteiger partial charge in [-0.2, -0.15) is 13.2 Å². The van der Waals surface area contributed by atoms with Crippen molar-refractivity contribution in [3.8, 4) is 0 Å². The fourth-order valence-corrected chi connectivity index (χ4v) is 1.90. The lowest BCUT2D eigenvalue weighted by molar-refractivity contribution is -0.133. The summed E-state index contributed by atoms with van der Waals surface area (Å²) in [5, 5.41) is 0. The topological polar surface area (TPSA) is 17.1 Å². The molecule has 16 heavy (non-hydrogen) atoms. The Bertz CT molecular complexity index is 378. The van der Waals surface area contributed by atoms with Crippen LogP contribution in [0.3, 0.4) is 0 Å². The molecule has 0 heterocycles. The molecule has 0 N–H and O–H groups in total. The number of hydrogen-bond donors (Lipinski definition) is 0. The fourth-order valence-electron chi connectivity index (χ4n) is 1.30. The lowest BCUT2D eigenvalue weighted by atomic mass is 10.0. The van der Waals surface area contributed by atoms with Gasteiger partial charge < -0.3 is 0 Å². The van der Waals surface area contributed by atoms with E-state index in [1.54, 1.807) is 19.1 Å². The Balaban J connectivity index is 2.73. The summed E-state index contributed by atoms with van der Waals surface area (Å²) in [6, 6.07) is 4.91. The molecule has 0 saturated carbocycles. The van der Waals surface area contributed by atoms with Crippen LogP contribution in [0.25, 0.3) is 0 Å². The van der Waals surface area contributed by atoms with E-state index in [2.05, 4.69) is 15.9 Å². The quantitative estimate of drug-likeness (QED) is 0.761. The minimum absolute atomic E-state index is 0.316. The molecular formula is C11H10BrF3O. The van der Waals surface area contributed by atoms with Crippen molar-refractivity contribution in [3.05, 3.63) is 33.8 Å². The number of benzene rings is 1. The summed E-state index contributed by atoms with van der Waals surface area (Å²) in [6.45, 7) is 1.78. The molecule has 1 nitrogen and oxygen atoms in total. The first-order valence-electron chi connectivity index (χ1n) is 4.65. The van der Waals surface area contributed by atoms with Crippen molar-refractivity contribution in [2.75, 3.05) is 0 Å². The molecule has 5 heteroatoms. The van der Waals surface area contributed by atoms with E-state index >= 15 is 0 Å². The van der Waals surface area contributed by atoms with Gasteiger partial charge in [0.2, 0.25) is 0 Å². The van der Waals surface area contributed by atoms with Crippen molar-refractivity contribution in [1.29, 1.82) is 0 Å². The molecule has 0 unspecified atom stereocenters. The van der Waals surface area contributed by atoms with Gasteiger partial charge in [-0.15, -0.1) is 0 Å². The third-order valence-corrected chi connectivity index (χ3v) is 2.46. The van der Waals surface area contributed by atoms with E-state index in [0.29, 0.717) is 10.0 Å². The minimum Gasteiger partial charge on any atom is -0.294 e. The molecular weight excluding hydrogens is 285 g/mol. The molecule has 0 saturated heterocycles. The van der Waals surface area contributed by atoms with Gasteiger partial charge in [0.05, 0.1) is 6.42 Å². The molecule has 0 bridgehead atoms. The number of rotatable bonds is 3. The molecule has 1 aromatic carbocycles. The van der Waals surface area contributed by atoms with Crippen LogP contribution < -0.4 is 0 Å². The summed E-state index contributed by atoms with van der Waals surface area (Å²) in [4.78, 5) is 11.5. The third-order valence-electron chi connectivity index (χ3n) is 2.00. The van der Waals surface area contributed by atoms with Crippen LogP contribution in [0.2, 0.25) is 0 Å². The highest BCUT2D eigenvalue weighted by molar-refractivity contribution is 9.10. The maximum atomic E-state index is 11.9. The molecule has 0 spiro atoms. The van der Waals surface area contributed by atoms with Gasteiger partial charge >= 0.3 is 6.18 Å². The summed E-state index contributed by atoms with van der Waals surface area (Å²) in [5.41, 5.74) is 1.15. The van der Waals surface area contributed by atoms with E-state index in [-0.39, 0.29) is 0 Å². The largest absolute Gasteiger partial charge is 0.389 e. The van der Waals surface area contributed by atoms with Crippen molar-refractivity contribution in [2.24, 2.45) is 0 Å². The standard InChI is InChI=1S/C11H10BrF3O/c1-7-4-8(6-9(12)5-7)10(16)2-3-11(13,14)15/h4-6H,2-3H2,1H3. The number of carbonyl (C=O) groups is 1. The third kappa shape index (κ3) is 4.35. The normalized spacial score (nSPS) is 11.6. The average Bonchev–Trinajstić information content (AvgIpc) is 2.11. The van der Waals surface area contributed by atoms with Crippen LogP contribution >= 0.6 is 15.9 Å². The maximum absolute atomic E-state index is 11.9. The number of alkyl halides is 3. The summed E-state index contributed by atoms with van der Waals surface area (Å²) in [5.74, 6) is -0.485. The number of carbonyl (C=O) groups excluding carboxylic acids is 1. The van der Waals surface area contributed by atoms with Crippen LogP contribution in [-0.2, 0) is 0 Å². The first kappa shape index (κ1) is 13.2. The molecule has 88 valence electrons. The molecule has 0 atom stereocenters. The van der Waals surface area contributed by atoms with Crippen molar-refractivity contribution < 1.29 is 18.0 Å². The van der Waals surface area contributed by atoms with E-state index in [4.69, 9.17) is 0 Å². The van der Waals surface area contributed by atoms with Crippen LogP contribution in [-0.4, -0.2) is 12.0 Å². The predicted molar refractivity (Wildman–Crippen MR) is 58.5 cm³/mol. The van der Waals surface area contributed by atoms with Crippen molar-refractivity contribution in [3.63, 3.8) is 0 Å². The highest BCUT2D eigenvalue weighted by Gasteiger charge is 2.28. The van der Waals surface area contributed by atoms with Gasteiger partial charge in [0, 0.05) is 16.5 Å². The molecule has 0 aliphatic rings. The molecule has 1 aromatic rings. The Morgan fingerprint density at radius 2 is 1.94 bits per heavy atom. The molecule has 0 aliphatic heterocycles. The Labute approximate surface area is 99.8 Å². The smallest absolute Gasteiger partial charge is 0.294 e. The first-order valence-corrected chi connectivity index (χ1v) is 5.44. The molecule has 0 fully saturated rings. The lowest BCUT2D eigenvalue weighted by Crippen LogP contribution is -2.11. The lowest BCUT2D eigenvalue weighted by Gasteiger charge is -2.06. The van der Waals surface area contributed by atoms with Crippen molar-refractivity contribution in [2.45, 2.75) is 25.9 Å². The summed E-state index contributed by atoms with van der Waals surface area (Å²) in [6.07, 6.45) is -5.85. The van der Waals surface area contributed by atoms with Crippen LogP contribution in [0.5, 0.6) is 0 Å². The van der Waals surface area contributed by atoms with Gasteiger partial charge in [-0.05, 0) is 30.7 Å². The SMILES string of the molecule is Cc1cc(Br)cc(C(=O)CCC(F)(F)F)c1. The second kappa shape index (κ2) is 4.99. The summed E-state index contributed by atoms with van der Waals surface area (Å²) in [7, 11) is 0. The molecule has 0 amide bonds. The number of ketones is 1. The molecule has 0 radical (unpaired) electrons. The molecule has 1 rings (SSSR count). The van der Waals surface area contributed by atoms with Crippen molar-refractivity contribution in [1.82, 2.24) is 0 Å². The van der Waals surface area contributed by atoms with Gasteiger partial charge in [-0.25, -0.2) is 0 Å². The second-order valence-corrected chi connectivity index (χ2v) is 4.47. The van der Waals surface area contributed by atoms with Gasteiger partial charge in [-0.1, -0.05) is 15.9 Å². The van der Waals surface area contributed by atoms with Gasteiger partial charge in [0.1, 0.15) is 0 Å². The van der Waals surface area contributed by atoms with Crippen molar-refractivity contribution >= 4 is 21.7 Å². The monoisotopic (exact) mass is 294 g/mol. The Morgan fingerprint density at radius 1 is 1.31 bits per heavy atom. The van der Waals surface area contributed by atoms with E-state index in [1.807, 2.05) is 0 Å². The van der Waals surface area contributed by atoms with Crippen LogP contribution in [0, 0.1) is 6.92 Å². The van der Waals surface area contributed by atoms with Gasteiger partial charge in [-0.3, -0.25) is 4.79 Å². The zero-order valence-electron chi connectivity index (χ0n) is 8.57. The Kier molecular flexibility index (Phi) is 4.13. The predicted octanol–water partition coefficient (Wildman–Crippen LogP) is 4.28. The maximum Gasteiger partial charge on any atom is 0.389 e. The minimum atomic E-state index is -4.28. The van der Waals surface area contributed by atoms with E-state index in [0.717, 1.165) is 5.56 Å². The fraction of sp³-hybridized carbons (Fsp3) is 0.364. The van der Waals surface area contributed by atoms with E-state index in [1.165, 1.54) is 6.07 Å².